The number of hydrogen-bond acceptors (Lipinski definition) is 6. The highest BCUT2D eigenvalue weighted by atomic mass is 16.4. The van der Waals surface area contributed by atoms with E-state index in [1.54, 1.807) is 0 Å². The lowest BCUT2D eigenvalue weighted by atomic mass is 10.1. The molecule has 2 amide bonds. The fraction of sp³-hybridized carbons (Fsp3) is 0.471. The van der Waals surface area contributed by atoms with Crippen molar-refractivity contribution >= 4 is 23.5 Å². The molecule has 134 valence electrons. The van der Waals surface area contributed by atoms with Crippen LogP contribution in [0, 0.1) is 0 Å². The van der Waals surface area contributed by atoms with E-state index in [1.165, 1.54) is 12.1 Å². The molecule has 2 aliphatic heterocycles. The SMILES string of the molecule is CCN1CCN(C2CC(=O)N(c3ccc(C(=O)O)c(O)c3)C2=O)CC1. The normalized spacial score (nSPS) is 22.6. The molecule has 1 unspecified atom stereocenters. The average molecular weight is 347 g/mol. The van der Waals surface area contributed by atoms with E-state index in [0.29, 0.717) is 0 Å². The van der Waals surface area contributed by atoms with Crippen molar-refractivity contribution in [2.24, 2.45) is 0 Å². The van der Waals surface area contributed by atoms with Gasteiger partial charge in [0.1, 0.15) is 11.3 Å². The molecule has 0 bridgehead atoms. The van der Waals surface area contributed by atoms with Crippen LogP contribution in [0.5, 0.6) is 5.75 Å². The summed E-state index contributed by atoms with van der Waals surface area (Å²) in [6.45, 7) is 6.25. The summed E-state index contributed by atoms with van der Waals surface area (Å²) in [6.07, 6.45) is 0.104. The Morgan fingerprint density at radius 3 is 2.44 bits per heavy atom. The molecule has 8 heteroatoms. The largest absolute Gasteiger partial charge is 0.507 e. The molecule has 1 atom stereocenters. The predicted molar refractivity (Wildman–Crippen MR) is 89.7 cm³/mol. The zero-order valence-corrected chi connectivity index (χ0v) is 14.0. The third-order valence-electron chi connectivity index (χ3n) is 4.89. The smallest absolute Gasteiger partial charge is 0.339 e. The molecular formula is C17H21N3O5. The van der Waals surface area contributed by atoms with Gasteiger partial charge in [-0.05, 0) is 18.7 Å². The van der Waals surface area contributed by atoms with Crippen LogP contribution >= 0.6 is 0 Å². The number of aromatic hydroxyl groups is 1. The molecule has 2 fully saturated rings. The van der Waals surface area contributed by atoms with E-state index >= 15 is 0 Å². The number of anilines is 1. The van der Waals surface area contributed by atoms with E-state index < -0.39 is 17.8 Å². The summed E-state index contributed by atoms with van der Waals surface area (Å²) in [4.78, 5) is 41.4. The highest BCUT2D eigenvalue weighted by Crippen LogP contribution is 2.30. The number of piperazine rings is 1. The predicted octanol–water partition coefficient (Wildman–Crippen LogP) is 0.360. The first kappa shape index (κ1) is 17.4. The minimum Gasteiger partial charge on any atom is -0.507 e. The maximum Gasteiger partial charge on any atom is 0.339 e. The lowest BCUT2D eigenvalue weighted by Crippen LogP contribution is -2.52. The summed E-state index contributed by atoms with van der Waals surface area (Å²) >= 11 is 0. The minimum absolute atomic E-state index is 0.104. The maximum atomic E-state index is 12.7. The molecule has 0 aromatic heterocycles. The van der Waals surface area contributed by atoms with Gasteiger partial charge < -0.3 is 15.1 Å². The number of likely N-dealkylation sites (N-methyl/N-ethyl adjacent to an activating group) is 1. The Morgan fingerprint density at radius 2 is 1.88 bits per heavy atom. The number of amides is 2. The number of carboxylic acid groups (broad SMARTS) is 1. The van der Waals surface area contributed by atoms with Gasteiger partial charge in [0.15, 0.2) is 0 Å². The first-order valence-corrected chi connectivity index (χ1v) is 8.32. The van der Waals surface area contributed by atoms with Crippen LogP contribution in [0.3, 0.4) is 0 Å². The molecule has 0 spiro atoms. The number of carbonyl (C=O) groups is 3. The zero-order valence-electron chi connectivity index (χ0n) is 14.0. The van der Waals surface area contributed by atoms with E-state index in [4.69, 9.17) is 5.11 Å². The number of rotatable bonds is 4. The van der Waals surface area contributed by atoms with E-state index in [-0.39, 0.29) is 29.5 Å². The molecule has 2 aliphatic rings. The van der Waals surface area contributed by atoms with Crippen LogP contribution in [0.1, 0.15) is 23.7 Å². The minimum atomic E-state index is -1.27. The Bertz CT molecular complexity index is 712. The number of hydrogen-bond donors (Lipinski definition) is 2. The molecular weight excluding hydrogens is 326 g/mol. The molecule has 3 rings (SSSR count). The van der Waals surface area contributed by atoms with Crippen LogP contribution in [0.4, 0.5) is 5.69 Å². The second-order valence-electron chi connectivity index (χ2n) is 6.26. The Balaban J connectivity index is 1.78. The van der Waals surface area contributed by atoms with Crippen LogP contribution in [-0.4, -0.2) is 76.6 Å². The molecule has 8 nitrogen and oxygen atoms in total. The molecule has 2 saturated heterocycles. The van der Waals surface area contributed by atoms with Crippen molar-refractivity contribution < 1.29 is 24.6 Å². The fourth-order valence-corrected chi connectivity index (χ4v) is 3.40. The zero-order chi connectivity index (χ0) is 18.1. The number of imide groups is 1. The third kappa shape index (κ3) is 3.22. The Kier molecular flexibility index (Phi) is 4.73. The van der Waals surface area contributed by atoms with E-state index in [9.17, 15) is 19.5 Å². The lowest BCUT2D eigenvalue weighted by molar-refractivity contribution is -0.123. The Labute approximate surface area is 145 Å². The number of phenols is 1. The standard InChI is InChI=1S/C17H21N3O5/c1-2-18-5-7-19(8-6-18)13-10-15(22)20(16(13)23)11-3-4-12(17(24)25)14(21)9-11/h3-4,9,13,21H,2,5-8,10H2,1H3,(H,24,25). The van der Waals surface area contributed by atoms with Gasteiger partial charge in [-0.3, -0.25) is 14.5 Å². The summed E-state index contributed by atoms with van der Waals surface area (Å²) < 4.78 is 0. The van der Waals surface area contributed by atoms with Crippen molar-refractivity contribution in [3.8, 4) is 5.75 Å². The van der Waals surface area contributed by atoms with Gasteiger partial charge >= 0.3 is 5.97 Å². The first-order valence-electron chi connectivity index (χ1n) is 8.32. The molecule has 1 aromatic carbocycles. The van der Waals surface area contributed by atoms with Gasteiger partial charge in [-0.25, -0.2) is 9.69 Å². The molecule has 2 heterocycles. The summed E-state index contributed by atoms with van der Waals surface area (Å²) in [6, 6.07) is 3.22. The third-order valence-corrected chi connectivity index (χ3v) is 4.89. The summed E-state index contributed by atoms with van der Waals surface area (Å²) in [7, 11) is 0. The highest BCUT2D eigenvalue weighted by Gasteiger charge is 2.43. The maximum absolute atomic E-state index is 12.7. The average Bonchev–Trinajstić information content (AvgIpc) is 2.89. The van der Waals surface area contributed by atoms with Gasteiger partial charge in [-0.15, -0.1) is 0 Å². The number of nitrogens with zero attached hydrogens (tertiary/aromatic N) is 3. The quantitative estimate of drug-likeness (QED) is 0.758. The van der Waals surface area contributed by atoms with Crippen molar-refractivity contribution in [3.63, 3.8) is 0 Å². The van der Waals surface area contributed by atoms with Crippen molar-refractivity contribution in [2.45, 2.75) is 19.4 Å². The fourth-order valence-electron chi connectivity index (χ4n) is 3.40. The van der Waals surface area contributed by atoms with E-state index in [1.807, 2.05) is 4.90 Å². The second kappa shape index (κ2) is 6.81. The van der Waals surface area contributed by atoms with E-state index in [2.05, 4.69) is 11.8 Å². The van der Waals surface area contributed by atoms with Gasteiger partial charge in [0.25, 0.3) is 5.91 Å². The van der Waals surface area contributed by atoms with Gasteiger partial charge in [0.05, 0.1) is 18.2 Å². The van der Waals surface area contributed by atoms with Crippen molar-refractivity contribution in [1.82, 2.24) is 9.80 Å². The Hall–Kier alpha value is -2.45. The number of benzene rings is 1. The van der Waals surface area contributed by atoms with Crippen LogP contribution in [-0.2, 0) is 9.59 Å². The number of aromatic carboxylic acids is 1. The van der Waals surface area contributed by atoms with Gasteiger partial charge in [-0.1, -0.05) is 6.92 Å². The van der Waals surface area contributed by atoms with Crippen LogP contribution in [0.25, 0.3) is 0 Å². The molecule has 0 saturated carbocycles. The van der Waals surface area contributed by atoms with Crippen LogP contribution < -0.4 is 4.90 Å². The van der Waals surface area contributed by atoms with Crippen molar-refractivity contribution in [3.05, 3.63) is 23.8 Å². The monoisotopic (exact) mass is 347 g/mol. The molecule has 0 radical (unpaired) electrons. The lowest BCUT2D eigenvalue weighted by Gasteiger charge is -2.36. The molecule has 2 N–H and O–H groups in total. The van der Waals surface area contributed by atoms with E-state index in [0.717, 1.165) is 43.7 Å². The van der Waals surface area contributed by atoms with Gasteiger partial charge in [-0.2, -0.15) is 0 Å². The van der Waals surface area contributed by atoms with Crippen LogP contribution in [0.15, 0.2) is 18.2 Å². The summed E-state index contributed by atoms with van der Waals surface area (Å²) in [5.74, 6) is -2.40. The number of carbonyl (C=O) groups excluding carboxylic acids is 2. The van der Waals surface area contributed by atoms with Crippen molar-refractivity contribution in [2.75, 3.05) is 37.6 Å². The number of carboxylic acids is 1. The van der Waals surface area contributed by atoms with Crippen molar-refractivity contribution in [1.29, 1.82) is 0 Å². The van der Waals surface area contributed by atoms with Gasteiger partial charge in [0.2, 0.25) is 5.91 Å². The molecule has 0 aliphatic carbocycles. The molecule has 25 heavy (non-hydrogen) atoms. The van der Waals surface area contributed by atoms with Crippen LogP contribution in [0.2, 0.25) is 0 Å². The highest BCUT2D eigenvalue weighted by molar-refractivity contribution is 6.22. The summed E-state index contributed by atoms with van der Waals surface area (Å²) in [5.41, 5.74) is -0.0673. The molecule has 1 aromatic rings. The Morgan fingerprint density at radius 1 is 1.20 bits per heavy atom. The first-order chi connectivity index (χ1) is 11.9. The topological polar surface area (TPSA) is 101 Å². The summed E-state index contributed by atoms with van der Waals surface area (Å²) in [5, 5.41) is 18.8. The second-order valence-corrected chi connectivity index (χ2v) is 6.26. The van der Waals surface area contributed by atoms with Gasteiger partial charge in [0, 0.05) is 32.2 Å².